The summed E-state index contributed by atoms with van der Waals surface area (Å²) in [6, 6.07) is 0. The first-order valence-electron chi connectivity index (χ1n) is 8.10. The summed E-state index contributed by atoms with van der Waals surface area (Å²) in [7, 11) is 1.79. The highest BCUT2D eigenvalue weighted by Crippen LogP contribution is 2.12. The van der Waals surface area contributed by atoms with E-state index >= 15 is 0 Å². The molecule has 2 aliphatic heterocycles. The van der Waals surface area contributed by atoms with Crippen LogP contribution in [0.4, 0.5) is 0 Å². The van der Waals surface area contributed by atoms with Gasteiger partial charge in [-0.15, -0.1) is 0 Å². The van der Waals surface area contributed by atoms with Crippen LogP contribution in [0.5, 0.6) is 0 Å². The van der Waals surface area contributed by atoms with Crippen LogP contribution in [0.25, 0.3) is 0 Å². The summed E-state index contributed by atoms with van der Waals surface area (Å²) in [6.45, 7) is 5.95. The van der Waals surface area contributed by atoms with E-state index in [1.807, 2.05) is 0 Å². The Morgan fingerprint density at radius 2 is 2.24 bits per heavy atom. The third-order valence-electron chi connectivity index (χ3n) is 3.88. The minimum absolute atomic E-state index is 0.334. The molecule has 0 aliphatic carbocycles. The van der Waals surface area contributed by atoms with Crippen molar-refractivity contribution < 1.29 is 14.2 Å². The lowest BCUT2D eigenvalue weighted by molar-refractivity contribution is 0.0887. The second kappa shape index (κ2) is 9.97. The topological polar surface area (TPSA) is 64.1 Å². The number of nitrogens with zero attached hydrogens (tertiary/aromatic N) is 1. The van der Waals surface area contributed by atoms with Crippen LogP contribution in [-0.4, -0.2) is 65.2 Å². The van der Waals surface area contributed by atoms with Crippen LogP contribution in [0, 0.1) is 5.92 Å². The zero-order valence-corrected chi connectivity index (χ0v) is 13.1. The average Bonchev–Trinajstić information content (AvgIpc) is 3.19. The third kappa shape index (κ3) is 6.63. The van der Waals surface area contributed by atoms with Crippen LogP contribution in [0.3, 0.4) is 0 Å². The van der Waals surface area contributed by atoms with Crippen molar-refractivity contribution in [2.75, 3.05) is 53.2 Å². The van der Waals surface area contributed by atoms with Crippen molar-refractivity contribution in [3.63, 3.8) is 0 Å². The number of hydrogen-bond donors (Lipinski definition) is 2. The number of hydrogen-bond acceptors (Lipinski definition) is 4. The molecule has 0 bridgehead atoms. The Morgan fingerprint density at radius 1 is 1.29 bits per heavy atom. The van der Waals surface area contributed by atoms with Gasteiger partial charge in [-0.25, -0.2) is 0 Å². The summed E-state index contributed by atoms with van der Waals surface area (Å²) in [4.78, 5) is 4.21. The Labute approximate surface area is 127 Å². The molecule has 0 aromatic heterocycles. The molecule has 2 saturated heterocycles. The Kier molecular flexibility index (Phi) is 7.85. The fourth-order valence-electron chi connectivity index (χ4n) is 2.58. The van der Waals surface area contributed by atoms with Gasteiger partial charge in [-0.05, 0) is 25.7 Å². The lowest BCUT2D eigenvalue weighted by atomic mass is 10.1. The molecule has 21 heavy (non-hydrogen) atoms. The molecule has 6 heteroatoms. The molecule has 2 rings (SSSR count). The second-order valence-electron chi connectivity index (χ2n) is 5.67. The summed E-state index contributed by atoms with van der Waals surface area (Å²) in [5.74, 6) is 1.44. The van der Waals surface area contributed by atoms with Gasteiger partial charge < -0.3 is 24.8 Å². The maximum atomic E-state index is 5.67. The van der Waals surface area contributed by atoms with Crippen molar-refractivity contribution in [3.8, 4) is 0 Å². The van der Waals surface area contributed by atoms with Crippen molar-refractivity contribution in [2.24, 2.45) is 10.9 Å². The quantitative estimate of drug-likeness (QED) is 0.394. The minimum Gasteiger partial charge on any atom is -0.381 e. The van der Waals surface area contributed by atoms with Crippen molar-refractivity contribution in [2.45, 2.75) is 31.8 Å². The number of guanidine groups is 1. The first-order valence-corrected chi connectivity index (χ1v) is 8.10. The number of nitrogens with one attached hydrogen (secondary N) is 2. The number of aliphatic imine (C=N–C) groups is 1. The molecule has 2 N–H and O–H groups in total. The highest BCUT2D eigenvalue weighted by Gasteiger charge is 2.16. The molecule has 2 atom stereocenters. The van der Waals surface area contributed by atoms with Crippen molar-refractivity contribution in [3.05, 3.63) is 0 Å². The highest BCUT2D eigenvalue weighted by atomic mass is 16.5. The predicted octanol–water partition coefficient (Wildman–Crippen LogP) is 0.774. The molecule has 0 amide bonds. The summed E-state index contributed by atoms with van der Waals surface area (Å²) in [5, 5.41) is 6.60. The van der Waals surface area contributed by atoms with E-state index < -0.39 is 0 Å². The van der Waals surface area contributed by atoms with Crippen molar-refractivity contribution in [1.29, 1.82) is 0 Å². The molecule has 0 aromatic carbocycles. The summed E-state index contributed by atoms with van der Waals surface area (Å²) in [6.07, 6.45) is 4.76. The fraction of sp³-hybridized carbons (Fsp3) is 0.933. The molecule has 122 valence electrons. The molecule has 2 fully saturated rings. The largest absolute Gasteiger partial charge is 0.381 e. The molecule has 0 radical (unpaired) electrons. The van der Waals surface area contributed by atoms with Crippen LogP contribution >= 0.6 is 0 Å². The van der Waals surface area contributed by atoms with E-state index in [2.05, 4.69) is 15.6 Å². The lowest BCUT2D eigenvalue weighted by Gasteiger charge is -2.15. The molecule has 0 saturated carbocycles. The molecule has 0 aromatic rings. The molecule has 6 nitrogen and oxygen atoms in total. The van der Waals surface area contributed by atoms with Crippen LogP contribution in [-0.2, 0) is 14.2 Å². The fourth-order valence-corrected chi connectivity index (χ4v) is 2.58. The Hall–Kier alpha value is -0.850. The van der Waals surface area contributed by atoms with Gasteiger partial charge in [0.05, 0.1) is 19.3 Å². The van der Waals surface area contributed by atoms with E-state index in [1.165, 1.54) is 6.42 Å². The van der Waals surface area contributed by atoms with E-state index in [-0.39, 0.29) is 0 Å². The Balaban J connectivity index is 1.44. The van der Waals surface area contributed by atoms with Gasteiger partial charge in [0.2, 0.25) is 0 Å². The molecular formula is C15H29N3O3. The van der Waals surface area contributed by atoms with Crippen molar-refractivity contribution >= 4 is 5.96 Å². The van der Waals surface area contributed by atoms with Gasteiger partial charge in [0, 0.05) is 45.9 Å². The second-order valence-corrected chi connectivity index (χ2v) is 5.67. The van der Waals surface area contributed by atoms with Crippen LogP contribution in [0.15, 0.2) is 4.99 Å². The van der Waals surface area contributed by atoms with Gasteiger partial charge in [0.1, 0.15) is 0 Å². The molecule has 2 heterocycles. The maximum Gasteiger partial charge on any atom is 0.191 e. The van der Waals surface area contributed by atoms with Crippen LogP contribution in [0.1, 0.15) is 25.7 Å². The van der Waals surface area contributed by atoms with Crippen LogP contribution in [0.2, 0.25) is 0 Å². The number of rotatable bonds is 8. The van der Waals surface area contributed by atoms with E-state index in [1.54, 1.807) is 7.05 Å². The van der Waals surface area contributed by atoms with Gasteiger partial charge in [0.25, 0.3) is 0 Å². The van der Waals surface area contributed by atoms with E-state index in [4.69, 9.17) is 14.2 Å². The Bertz CT molecular complexity index is 301. The summed E-state index contributed by atoms with van der Waals surface area (Å²) < 4.78 is 16.6. The first-order chi connectivity index (χ1) is 10.4. The molecule has 2 aliphatic rings. The number of ether oxygens (including phenoxy) is 3. The molecule has 2 unspecified atom stereocenters. The molecular weight excluding hydrogens is 270 g/mol. The van der Waals surface area contributed by atoms with E-state index in [9.17, 15) is 0 Å². The van der Waals surface area contributed by atoms with E-state index in [0.29, 0.717) is 12.0 Å². The van der Waals surface area contributed by atoms with E-state index in [0.717, 1.165) is 71.3 Å². The van der Waals surface area contributed by atoms with Crippen molar-refractivity contribution in [1.82, 2.24) is 10.6 Å². The highest BCUT2D eigenvalue weighted by molar-refractivity contribution is 5.79. The van der Waals surface area contributed by atoms with Crippen LogP contribution < -0.4 is 10.6 Å². The smallest absolute Gasteiger partial charge is 0.191 e. The lowest BCUT2D eigenvalue weighted by Crippen LogP contribution is -2.41. The third-order valence-corrected chi connectivity index (χ3v) is 3.88. The summed E-state index contributed by atoms with van der Waals surface area (Å²) in [5.41, 5.74) is 0. The monoisotopic (exact) mass is 299 g/mol. The Morgan fingerprint density at radius 3 is 2.95 bits per heavy atom. The SMILES string of the molecule is CN=C(NCCCOCC1CCOC1)NCC1CCCO1. The molecule has 0 spiro atoms. The standard InChI is InChI=1S/C15H29N3O3/c1-16-15(18-10-14-4-2-8-21-14)17-6-3-7-19-11-13-5-9-20-12-13/h13-14H,2-12H2,1H3,(H2,16,17,18). The maximum absolute atomic E-state index is 5.67. The first kappa shape index (κ1) is 16.5. The van der Waals surface area contributed by atoms with Gasteiger partial charge in [-0.2, -0.15) is 0 Å². The van der Waals surface area contributed by atoms with Gasteiger partial charge in [-0.3, -0.25) is 4.99 Å². The van der Waals surface area contributed by atoms with Gasteiger partial charge >= 0.3 is 0 Å². The van der Waals surface area contributed by atoms with Gasteiger partial charge in [-0.1, -0.05) is 0 Å². The minimum atomic E-state index is 0.334. The summed E-state index contributed by atoms with van der Waals surface area (Å²) >= 11 is 0. The van der Waals surface area contributed by atoms with Gasteiger partial charge in [0.15, 0.2) is 5.96 Å². The normalized spacial score (nSPS) is 26.2. The zero-order valence-electron chi connectivity index (χ0n) is 13.1. The zero-order chi connectivity index (χ0) is 14.8. The predicted molar refractivity (Wildman–Crippen MR) is 82.7 cm³/mol. The average molecular weight is 299 g/mol.